The number of amides is 1. The zero-order valence-corrected chi connectivity index (χ0v) is 16.2. The van der Waals surface area contributed by atoms with Crippen molar-refractivity contribution in [3.63, 3.8) is 0 Å². The van der Waals surface area contributed by atoms with Crippen molar-refractivity contribution >= 4 is 23.6 Å². The van der Waals surface area contributed by atoms with Gasteiger partial charge in [0.15, 0.2) is 5.69 Å². The number of nitrogens with two attached hydrogens (primary N) is 1. The summed E-state index contributed by atoms with van der Waals surface area (Å²) in [5.41, 5.74) is 11.2. The van der Waals surface area contributed by atoms with Crippen LogP contribution in [-0.2, 0) is 13.0 Å². The number of hydrogen-bond acceptors (Lipinski definition) is 10. The van der Waals surface area contributed by atoms with Crippen LogP contribution >= 0.6 is 0 Å². The summed E-state index contributed by atoms with van der Waals surface area (Å²) < 4.78 is 11.2. The Hall–Kier alpha value is -4.48. The van der Waals surface area contributed by atoms with Gasteiger partial charge in [0.1, 0.15) is 5.76 Å². The van der Waals surface area contributed by atoms with Crippen molar-refractivity contribution in [1.29, 1.82) is 0 Å². The molecule has 0 saturated heterocycles. The molecule has 0 radical (unpaired) electrons. The van der Waals surface area contributed by atoms with Crippen molar-refractivity contribution in [2.75, 3.05) is 17.2 Å². The van der Waals surface area contributed by atoms with Gasteiger partial charge in [0.25, 0.3) is 5.91 Å². The Morgan fingerprint density at radius 1 is 1.26 bits per heavy atom. The minimum Gasteiger partial charge on any atom is -0.463 e. The number of para-hydroxylation sites is 1. The first-order valence-corrected chi connectivity index (χ1v) is 9.43. The molecule has 4 aromatic rings. The lowest BCUT2D eigenvalue weighted by molar-refractivity contribution is 0.0949. The molecule has 1 aromatic carbocycles. The van der Waals surface area contributed by atoms with E-state index < -0.39 is 5.91 Å². The van der Waals surface area contributed by atoms with Gasteiger partial charge in [0.2, 0.25) is 11.6 Å². The summed E-state index contributed by atoms with van der Waals surface area (Å²) in [6.07, 6.45) is 3.80. The van der Waals surface area contributed by atoms with Crippen LogP contribution in [0.25, 0.3) is 5.82 Å². The Morgan fingerprint density at radius 3 is 2.97 bits per heavy atom. The van der Waals surface area contributed by atoms with Gasteiger partial charge >= 0.3 is 0 Å². The second-order valence-electron chi connectivity index (χ2n) is 6.78. The standard InChI is InChI=1S/C19H17N9O3/c20-17-18(25-31-24-17)28-15(11-27-8-7-12-4-1-2-6-14(12)27)16(22-26-28)19(29)23-21-10-13-5-3-9-30-13/h1-6,9-10H,7-8,11H2,(H2,20,24)(H,23,29)/b21-10-. The smallest absolute Gasteiger partial charge is 0.293 e. The minimum atomic E-state index is -0.536. The van der Waals surface area contributed by atoms with E-state index in [1.54, 1.807) is 12.1 Å². The second-order valence-corrected chi connectivity index (χ2v) is 6.78. The molecule has 156 valence electrons. The number of nitrogens with zero attached hydrogens (tertiary/aromatic N) is 7. The zero-order chi connectivity index (χ0) is 21.2. The maximum atomic E-state index is 12.8. The number of fused-ring (bicyclic) bond motifs is 1. The van der Waals surface area contributed by atoms with Gasteiger partial charge in [-0.1, -0.05) is 23.4 Å². The van der Waals surface area contributed by atoms with Gasteiger partial charge in [-0.05, 0) is 40.5 Å². The minimum absolute atomic E-state index is 0.0378. The van der Waals surface area contributed by atoms with Crippen molar-refractivity contribution in [3.8, 4) is 5.82 Å². The fourth-order valence-corrected chi connectivity index (χ4v) is 3.45. The van der Waals surface area contributed by atoms with Crippen LogP contribution in [0.5, 0.6) is 0 Å². The summed E-state index contributed by atoms with van der Waals surface area (Å²) in [7, 11) is 0. The topological polar surface area (TPSA) is 153 Å². The predicted molar refractivity (Wildman–Crippen MR) is 109 cm³/mol. The largest absolute Gasteiger partial charge is 0.463 e. The highest BCUT2D eigenvalue weighted by atomic mass is 16.6. The fourth-order valence-electron chi connectivity index (χ4n) is 3.45. The van der Waals surface area contributed by atoms with Gasteiger partial charge in [-0.3, -0.25) is 4.79 Å². The lowest BCUT2D eigenvalue weighted by Crippen LogP contribution is -2.26. The molecule has 0 unspecified atom stereocenters. The number of benzene rings is 1. The summed E-state index contributed by atoms with van der Waals surface area (Å²) in [6.45, 7) is 1.13. The Morgan fingerprint density at radius 2 is 2.16 bits per heavy atom. The van der Waals surface area contributed by atoms with E-state index in [1.165, 1.54) is 22.7 Å². The van der Waals surface area contributed by atoms with E-state index in [0.717, 1.165) is 18.7 Å². The van der Waals surface area contributed by atoms with E-state index in [2.05, 4.69) is 42.1 Å². The molecule has 0 spiro atoms. The number of hydrazone groups is 1. The number of furan rings is 1. The molecule has 1 aliphatic rings. The number of nitrogen functional groups attached to an aromatic ring is 1. The van der Waals surface area contributed by atoms with Crippen molar-refractivity contribution in [1.82, 2.24) is 30.7 Å². The molecule has 1 amide bonds. The molecule has 0 bridgehead atoms. The monoisotopic (exact) mass is 419 g/mol. The molecular weight excluding hydrogens is 402 g/mol. The average Bonchev–Trinajstić information content (AvgIpc) is 3.56. The van der Waals surface area contributed by atoms with Crippen molar-refractivity contribution in [2.45, 2.75) is 13.0 Å². The SMILES string of the molecule is Nc1nonc1-n1nnc(C(=O)N/N=C\c2ccco2)c1CN1CCc2ccccc21. The van der Waals surface area contributed by atoms with Gasteiger partial charge in [0.05, 0.1) is 24.7 Å². The third kappa shape index (κ3) is 3.50. The second kappa shape index (κ2) is 7.74. The Kier molecular flexibility index (Phi) is 4.63. The summed E-state index contributed by atoms with van der Waals surface area (Å²) in [6, 6.07) is 11.5. The molecule has 0 aliphatic carbocycles. The Bertz CT molecular complexity index is 1240. The van der Waals surface area contributed by atoms with Gasteiger partial charge < -0.3 is 15.1 Å². The van der Waals surface area contributed by atoms with Crippen LogP contribution in [0.4, 0.5) is 11.5 Å². The van der Waals surface area contributed by atoms with Crippen LogP contribution in [0, 0.1) is 0 Å². The van der Waals surface area contributed by atoms with Crippen LogP contribution in [0.2, 0.25) is 0 Å². The molecule has 12 nitrogen and oxygen atoms in total. The van der Waals surface area contributed by atoms with E-state index in [9.17, 15) is 4.79 Å². The summed E-state index contributed by atoms with van der Waals surface area (Å²) in [4.78, 5) is 14.9. The third-order valence-electron chi connectivity index (χ3n) is 4.90. The average molecular weight is 419 g/mol. The maximum Gasteiger partial charge on any atom is 0.293 e. The Balaban J connectivity index is 1.46. The number of anilines is 2. The molecule has 0 saturated carbocycles. The molecule has 3 N–H and O–H groups in total. The lowest BCUT2D eigenvalue weighted by atomic mass is 10.2. The molecule has 0 atom stereocenters. The van der Waals surface area contributed by atoms with Crippen molar-refractivity contribution in [2.24, 2.45) is 5.10 Å². The number of nitrogens with one attached hydrogen (secondary N) is 1. The van der Waals surface area contributed by atoms with Crippen LogP contribution in [-0.4, -0.2) is 44.0 Å². The highest BCUT2D eigenvalue weighted by molar-refractivity contribution is 5.94. The van der Waals surface area contributed by atoms with Gasteiger partial charge in [0, 0.05) is 12.2 Å². The first kappa shape index (κ1) is 18.5. The van der Waals surface area contributed by atoms with Crippen molar-refractivity contribution < 1.29 is 13.8 Å². The number of aromatic nitrogens is 5. The van der Waals surface area contributed by atoms with Crippen LogP contribution < -0.4 is 16.1 Å². The molecular formula is C19H17N9O3. The summed E-state index contributed by atoms with van der Waals surface area (Å²) in [5, 5.41) is 19.4. The first-order valence-electron chi connectivity index (χ1n) is 9.43. The van der Waals surface area contributed by atoms with E-state index in [4.69, 9.17) is 14.8 Å². The molecule has 0 fully saturated rings. The number of rotatable bonds is 6. The fraction of sp³-hybridized carbons (Fsp3) is 0.158. The molecule has 5 rings (SSSR count). The van der Waals surface area contributed by atoms with E-state index in [0.29, 0.717) is 18.0 Å². The molecule has 12 heteroatoms. The van der Waals surface area contributed by atoms with Crippen LogP contribution in [0.1, 0.15) is 27.5 Å². The molecule has 1 aliphatic heterocycles. The zero-order valence-electron chi connectivity index (χ0n) is 16.2. The number of hydrogen-bond donors (Lipinski definition) is 2. The summed E-state index contributed by atoms with van der Waals surface area (Å²) in [5.74, 6) is 0.162. The summed E-state index contributed by atoms with van der Waals surface area (Å²) >= 11 is 0. The lowest BCUT2D eigenvalue weighted by Gasteiger charge is -2.19. The molecule has 3 aromatic heterocycles. The van der Waals surface area contributed by atoms with Crippen LogP contribution in [0.3, 0.4) is 0 Å². The normalized spacial score (nSPS) is 13.1. The highest BCUT2D eigenvalue weighted by Crippen LogP contribution is 2.29. The first-order chi connectivity index (χ1) is 15.2. The predicted octanol–water partition coefficient (Wildman–Crippen LogP) is 1.15. The Labute approximate surface area is 175 Å². The van der Waals surface area contributed by atoms with Gasteiger partial charge in [-0.25, -0.2) is 10.1 Å². The quantitative estimate of drug-likeness (QED) is 0.346. The maximum absolute atomic E-state index is 12.8. The van der Waals surface area contributed by atoms with Crippen LogP contribution in [0.15, 0.2) is 56.8 Å². The van der Waals surface area contributed by atoms with Gasteiger partial charge in [-0.2, -0.15) is 9.78 Å². The highest BCUT2D eigenvalue weighted by Gasteiger charge is 2.27. The number of carbonyl (C=O) groups is 1. The van der Waals surface area contributed by atoms with Gasteiger partial charge in [-0.15, -0.1) is 5.10 Å². The molecule has 31 heavy (non-hydrogen) atoms. The molecule has 4 heterocycles. The van der Waals surface area contributed by atoms with E-state index in [-0.39, 0.29) is 17.3 Å². The third-order valence-corrected chi connectivity index (χ3v) is 4.90. The van der Waals surface area contributed by atoms with E-state index in [1.807, 2.05) is 18.2 Å². The number of carbonyl (C=O) groups excluding carboxylic acids is 1. The van der Waals surface area contributed by atoms with E-state index >= 15 is 0 Å². The van der Waals surface area contributed by atoms with Crippen molar-refractivity contribution in [3.05, 3.63) is 65.4 Å².